The Labute approximate surface area is 168 Å². The molecule has 1 N–H and O–H groups in total. The Balaban J connectivity index is 1.46. The summed E-state index contributed by atoms with van der Waals surface area (Å²) in [5.41, 5.74) is 2.21. The Kier molecular flexibility index (Phi) is 5.39. The van der Waals surface area contributed by atoms with Gasteiger partial charge >= 0.3 is 0 Å². The summed E-state index contributed by atoms with van der Waals surface area (Å²) in [6.07, 6.45) is 2.38. The predicted molar refractivity (Wildman–Crippen MR) is 107 cm³/mol. The van der Waals surface area contributed by atoms with Gasteiger partial charge in [0, 0.05) is 30.8 Å². The maximum Gasteiger partial charge on any atom is 0.228 e. The molecule has 1 fully saturated rings. The molecule has 7 heteroatoms. The van der Waals surface area contributed by atoms with Crippen LogP contribution in [0.25, 0.3) is 0 Å². The van der Waals surface area contributed by atoms with Crippen molar-refractivity contribution in [2.75, 3.05) is 30.0 Å². The molecule has 0 atom stereocenters. The van der Waals surface area contributed by atoms with Crippen LogP contribution in [0.3, 0.4) is 0 Å². The Bertz CT molecular complexity index is 915. The van der Waals surface area contributed by atoms with Crippen LogP contribution in [-0.2, 0) is 16.0 Å². The number of benzene rings is 2. The highest BCUT2D eigenvalue weighted by Crippen LogP contribution is 2.38. The molecule has 2 aliphatic heterocycles. The molecule has 6 nitrogen and oxygen atoms in total. The van der Waals surface area contributed by atoms with E-state index in [9.17, 15) is 9.59 Å². The number of carbonyl (C=O) groups is 2. The number of ether oxygens (including phenoxy) is 2. The maximum atomic E-state index is 12.5. The third kappa shape index (κ3) is 4.07. The summed E-state index contributed by atoms with van der Waals surface area (Å²) in [4.78, 5) is 26.2. The molecule has 2 heterocycles. The average Bonchev–Trinajstić information content (AvgIpc) is 2.94. The van der Waals surface area contributed by atoms with Crippen molar-refractivity contribution in [1.29, 1.82) is 0 Å². The van der Waals surface area contributed by atoms with Crippen LogP contribution in [0.2, 0.25) is 5.02 Å². The van der Waals surface area contributed by atoms with E-state index in [0.29, 0.717) is 48.4 Å². The van der Waals surface area contributed by atoms with Crippen molar-refractivity contribution in [2.45, 2.75) is 25.7 Å². The van der Waals surface area contributed by atoms with Crippen LogP contribution in [-0.4, -0.2) is 31.6 Å². The van der Waals surface area contributed by atoms with Crippen LogP contribution in [0.15, 0.2) is 36.4 Å². The van der Waals surface area contributed by atoms with Crippen molar-refractivity contribution in [3.63, 3.8) is 0 Å². The fourth-order valence-corrected chi connectivity index (χ4v) is 3.74. The average molecular weight is 401 g/mol. The minimum absolute atomic E-state index is 0.116. The zero-order chi connectivity index (χ0) is 19.5. The van der Waals surface area contributed by atoms with Crippen molar-refractivity contribution >= 4 is 34.8 Å². The van der Waals surface area contributed by atoms with Gasteiger partial charge in [0.15, 0.2) is 11.5 Å². The molecule has 0 bridgehead atoms. The lowest BCUT2D eigenvalue weighted by atomic mass is 10.1. The quantitative estimate of drug-likeness (QED) is 0.847. The first-order chi connectivity index (χ1) is 13.6. The molecule has 0 radical (unpaired) electrons. The van der Waals surface area contributed by atoms with Gasteiger partial charge in [0.05, 0.1) is 24.7 Å². The first-order valence-electron chi connectivity index (χ1n) is 9.38. The highest BCUT2D eigenvalue weighted by atomic mass is 35.5. The lowest BCUT2D eigenvalue weighted by Crippen LogP contribution is -2.23. The molecule has 0 aliphatic carbocycles. The van der Waals surface area contributed by atoms with Gasteiger partial charge in [-0.15, -0.1) is 0 Å². The number of nitrogens with zero attached hydrogens (tertiary/aromatic N) is 1. The molecule has 146 valence electrons. The molecule has 4 rings (SSSR count). The summed E-state index contributed by atoms with van der Waals surface area (Å²) in [6, 6.07) is 10.9. The van der Waals surface area contributed by atoms with E-state index >= 15 is 0 Å². The summed E-state index contributed by atoms with van der Waals surface area (Å²) < 4.78 is 11.3. The van der Waals surface area contributed by atoms with E-state index < -0.39 is 0 Å². The van der Waals surface area contributed by atoms with Gasteiger partial charge in [-0.25, -0.2) is 0 Å². The first-order valence-corrected chi connectivity index (χ1v) is 9.76. The maximum absolute atomic E-state index is 12.5. The van der Waals surface area contributed by atoms with Crippen molar-refractivity contribution in [3.8, 4) is 11.5 Å². The number of carbonyl (C=O) groups excluding carboxylic acids is 2. The molecule has 0 aromatic heterocycles. The lowest BCUT2D eigenvalue weighted by molar-refractivity contribution is -0.117. The Morgan fingerprint density at radius 3 is 2.82 bits per heavy atom. The number of fused-ring (bicyclic) bond motifs is 1. The highest BCUT2D eigenvalue weighted by molar-refractivity contribution is 6.32. The minimum Gasteiger partial charge on any atom is -0.489 e. The van der Waals surface area contributed by atoms with Gasteiger partial charge in [0.25, 0.3) is 0 Å². The summed E-state index contributed by atoms with van der Waals surface area (Å²) in [7, 11) is 0. The van der Waals surface area contributed by atoms with Crippen molar-refractivity contribution in [1.82, 2.24) is 0 Å². The molecule has 0 unspecified atom stereocenters. The number of anilines is 2. The smallest absolute Gasteiger partial charge is 0.228 e. The largest absolute Gasteiger partial charge is 0.489 e. The van der Waals surface area contributed by atoms with Gasteiger partial charge in [-0.1, -0.05) is 17.7 Å². The fourth-order valence-electron chi connectivity index (χ4n) is 3.45. The van der Waals surface area contributed by atoms with E-state index in [1.54, 1.807) is 17.0 Å². The van der Waals surface area contributed by atoms with Crippen LogP contribution >= 0.6 is 11.6 Å². The highest BCUT2D eigenvalue weighted by Gasteiger charge is 2.22. The first kappa shape index (κ1) is 18.6. The normalized spacial score (nSPS) is 16.0. The van der Waals surface area contributed by atoms with Gasteiger partial charge in [0.2, 0.25) is 11.8 Å². The SMILES string of the molecule is O=C(Cc1cc(Cl)c2c(c1)OCCCO2)Nc1cccc(N2CCCC2=O)c1. The van der Waals surface area contributed by atoms with E-state index in [1.165, 1.54) is 0 Å². The van der Waals surface area contributed by atoms with Crippen LogP contribution < -0.4 is 19.7 Å². The second-order valence-corrected chi connectivity index (χ2v) is 7.29. The molecule has 2 aliphatic rings. The van der Waals surface area contributed by atoms with E-state index in [2.05, 4.69) is 5.32 Å². The fraction of sp³-hybridized carbons (Fsp3) is 0.333. The summed E-state index contributed by atoms with van der Waals surface area (Å²) >= 11 is 6.30. The van der Waals surface area contributed by atoms with Crippen molar-refractivity contribution in [3.05, 3.63) is 47.0 Å². The molecular formula is C21H21ClN2O4. The Hall–Kier alpha value is -2.73. The van der Waals surface area contributed by atoms with Crippen molar-refractivity contribution in [2.24, 2.45) is 0 Å². The molecule has 2 amide bonds. The monoisotopic (exact) mass is 400 g/mol. The van der Waals surface area contributed by atoms with E-state index in [4.69, 9.17) is 21.1 Å². The molecule has 0 saturated carbocycles. The van der Waals surface area contributed by atoms with Gasteiger partial charge in [-0.05, 0) is 42.3 Å². The van der Waals surface area contributed by atoms with E-state index in [1.807, 2.05) is 24.3 Å². The predicted octanol–water partition coefficient (Wildman–Crippen LogP) is 3.81. The molecule has 2 aromatic carbocycles. The van der Waals surface area contributed by atoms with Gasteiger partial charge < -0.3 is 19.7 Å². The Morgan fingerprint density at radius 1 is 1.14 bits per heavy atom. The molecule has 1 saturated heterocycles. The van der Waals surface area contributed by atoms with E-state index in [0.717, 1.165) is 24.1 Å². The number of hydrogen-bond acceptors (Lipinski definition) is 4. The third-order valence-corrected chi connectivity index (χ3v) is 5.02. The summed E-state index contributed by atoms with van der Waals surface area (Å²) in [5.74, 6) is 1.05. The molecule has 2 aromatic rings. The topological polar surface area (TPSA) is 67.9 Å². The van der Waals surface area contributed by atoms with Gasteiger partial charge in [0.1, 0.15) is 0 Å². The number of rotatable bonds is 4. The molecule has 0 spiro atoms. The standard InChI is InChI=1S/C21H21ClN2O4/c22-17-10-14(11-18-21(17)28-9-3-8-27-18)12-19(25)23-15-4-1-5-16(13-15)24-7-2-6-20(24)26/h1,4-5,10-11,13H,2-3,6-9,12H2,(H,23,25). The zero-order valence-corrected chi connectivity index (χ0v) is 16.1. The minimum atomic E-state index is -0.171. The number of amides is 2. The molecule has 28 heavy (non-hydrogen) atoms. The van der Waals surface area contributed by atoms with Gasteiger partial charge in [-0.3, -0.25) is 9.59 Å². The van der Waals surface area contributed by atoms with Crippen LogP contribution in [0, 0.1) is 0 Å². The third-order valence-electron chi connectivity index (χ3n) is 4.74. The van der Waals surface area contributed by atoms with Crippen LogP contribution in [0.5, 0.6) is 11.5 Å². The van der Waals surface area contributed by atoms with Crippen molar-refractivity contribution < 1.29 is 19.1 Å². The van der Waals surface area contributed by atoms with Gasteiger partial charge in [-0.2, -0.15) is 0 Å². The van der Waals surface area contributed by atoms with E-state index in [-0.39, 0.29) is 18.2 Å². The number of halogens is 1. The second kappa shape index (κ2) is 8.10. The summed E-state index contributed by atoms with van der Waals surface area (Å²) in [5, 5.41) is 3.33. The number of nitrogens with one attached hydrogen (secondary N) is 1. The number of hydrogen-bond donors (Lipinski definition) is 1. The van der Waals surface area contributed by atoms with Crippen LogP contribution in [0.1, 0.15) is 24.8 Å². The zero-order valence-electron chi connectivity index (χ0n) is 15.4. The van der Waals surface area contributed by atoms with Crippen LogP contribution in [0.4, 0.5) is 11.4 Å². The Morgan fingerprint density at radius 2 is 2.00 bits per heavy atom. The summed E-state index contributed by atoms with van der Waals surface area (Å²) in [6.45, 7) is 1.83. The lowest BCUT2D eigenvalue weighted by Gasteiger charge is -2.17. The molecular weight excluding hydrogens is 380 g/mol. The second-order valence-electron chi connectivity index (χ2n) is 6.88.